The average Bonchev–Trinajstić information content (AvgIpc) is 3.14. The second-order valence-corrected chi connectivity index (χ2v) is 8.21. The third-order valence-corrected chi connectivity index (χ3v) is 6.22. The maximum absolute atomic E-state index is 11.8. The third-order valence-electron chi connectivity index (χ3n) is 4.77. The van der Waals surface area contributed by atoms with Crippen LogP contribution in [0.2, 0.25) is 0 Å². The summed E-state index contributed by atoms with van der Waals surface area (Å²) in [6.07, 6.45) is 1.72. The van der Waals surface area contributed by atoms with Gasteiger partial charge in [-0.25, -0.2) is 4.79 Å². The van der Waals surface area contributed by atoms with E-state index >= 15 is 0 Å². The molecule has 1 N–H and O–H groups in total. The summed E-state index contributed by atoms with van der Waals surface area (Å²) in [7, 11) is 0. The van der Waals surface area contributed by atoms with Crippen molar-refractivity contribution in [3.63, 3.8) is 0 Å². The SMILES string of the molecule is CCOC(=O)/C=C/[C@@H](OCc1ccccc1)[C@H]1SC[C@@H](O)[C@H]1OCc1ccccc1. The lowest BCUT2D eigenvalue weighted by Gasteiger charge is -2.27. The van der Waals surface area contributed by atoms with Crippen molar-refractivity contribution in [2.45, 2.75) is 43.7 Å². The van der Waals surface area contributed by atoms with Gasteiger partial charge in [0.05, 0.1) is 43.4 Å². The van der Waals surface area contributed by atoms with Crippen molar-refractivity contribution in [3.05, 3.63) is 83.9 Å². The smallest absolute Gasteiger partial charge is 0.330 e. The number of hydrogen-bond donors (Lipinski definition) is 1. The molecule has 160 valence electrons. The number of aliphatic hydroxyl groups excluding tert-OH is 1. The Hall–Kier alpha value is -2.12. The molecule has 0 bridgehead atoms. The largest absolute Gasteiger partial charge is 0.463 e. The fourth-order valence-electron chi connectivity index (χ4n) is 3.26. The first-order valence-corrected chi connectivity index (χ1v) is 11.2. The van der Waals surface area contributed by atoms with Crippen LogP contribution in [0.5, 0.6) is 0 Å². The van der Waals surface area contributed by atoms with E-state index < -0.39 is 24.3 Å². The van der Waals surface area contributed by atoms with Crippen LogP contribution < -0.4 is 0 Å². The molecule has 1 heterocycles. The van der Waals surface area contributed by atoms with Crippen molar-refractivity contribution in [3.8, 4) is 0 Å². The minimum absolute atomic E-state index is 0.141. The molecule has 0 unspecified atom stereocenters. The van der Waals surface area contributed by atoms with Crippen molar-refractivity contribution < 1.29 is 24.1 Å². The van der Waals surface area contributed by atoms with Gasteiger partial charge in [0.1, 0.15) is 0 Å². The Labute approximate surface area is 182 Å². The van der Waals surface area contributed by atoms with Crippen LogP contribution in [0.15, 0.2) is 72.8 Å². The summed E-state index contributed by atoms with van der Waals surface area (Å²) in [5.41, 5.74) is 2.08. The zero-order valence-electron chi connectivity index (χ0n) is 17.1. The first kappa shape index (κ1) is 22.6. The van der Waals surface area contributed by atoms with Gasteiger partial charge in [0, 0.05) is 11.8 Å². The summed E-state index contributed by atoms with van der Waals surface area (Å²) >= 11 is 1.60. The van der Waals surface area contributed by atoms with Crippen LogP contribution in [0.4, 0.5) is 0 Å². The Morgan fingerprint density at radius 3 is 2.37 bits per heavy atom. The summed E-state index contributed by atoms with van der Waals surface area (Å²) in [6.45, 7) is 2.90. The quantitative estimate of drug-likeness (QED) is 0.459. The zero-order valence-corrected chi connectivity index (χ0v) is 17.9. The molecule has 6 heteroatoms. The molecule has 0 aliphatic carbocycles. The highest BCUT2D eigenvalue weighted by atomic mass is 32.2. The van der Waals surface area contributed by atoms with Gasteiger partial charge in [0.15, 0.2) is 0 Å². The molecule has 1 fully saturated rings. The van der Waals surface area contributed by atoms with Crippen molar-refractivity contribution in [2.24, 2.45) is 0 Å². The van der Waals surface area contributed by atoms with Gasteiger partial charge in [-0.15, -0.1) is 11.8 Å². The van der Waals surface area contributed by atoms with E-state index in [-0.39, 0.29) is 5.25 Å². The highest BCUT2D eigenvalue weighted by molar-refractivity contribution is 8.00. The topological polar surface area (TPSA) is 65.0 Å². The van der Waals surface area contributed by atoms with E-state index in [1.807, 2.05) is 60.7 Å². The van der Waals surface area contributed by atoms with E-state index in [4.69, 9.17) is 14.2 Å². The second-order valence-electron chi connectivity index (χ2n) is 7.00. The first-order chi connectivity index (χ1) is 14.7. The lowest BCUT2D eigenvalue weighted by Crippen LogP contribution is -2.39. The fraction of sp³-hybridized carbons (Fsp3) is 0.375. The minimum Gasteiger partial charge on any atom is -0.463 e. The Morgan fingerprint density at radius 2 is 1.73 bits per heavy atom. The summed E-state index contributed by atoms with van der Waals surface area (Å²) in [4.78, 5) is 11.8. The van der Waals surface area contributed by atoms with E-state index in [0.717, 1.165) is 11.1 Å². The molecule has 0 radical (unpaired) electrons. The number of hydrogen-bond acceptors (Lipinski definition) is 6. The Balaban J connectivity index is 1.70. The molecule has 1 aliphatic heterocycles. The number of ether oxygens (including phenoxy) is 3. The zero-order chi connectivity index (χ0) is 21.2. The molecule has 30 heavy (non-hydrogen) atoms. The molecule has 2 aromatic rings. The van der Waals surface area contributed by atoms with Crippen LogP contribution in [0.1, 0.15) is 18.1 Å². The highest BCUT2D eigenvalue weighted by Gasteiger charge is 2.41. The monoisotopic (exact) mass is 428 g/mol. The van der Waals surface area contributed by atoms with Gasteiger partial charge in [0.2, 0.25) is 0 Å². The Bertz CT molecular complexity index is 796. The minimum atomic E-state index is -0.595. The predicted octanol–water partition coefficient (Wildman–Crippen LogP) is 3.75. The van der Waals surface area contributed by atoms with Gasteiger partial charge in [-0.2, -0.15) is 0 Å². The number of esters is 1. The summed E-state index contributed by atoms with van der Waals surface area (Å²) < 4.78 is 17.3. The van der Waals surface area contributed by atoms with Gasteiger partial charge in [-0.1, -0.05) is 60.7 Å². The number of thioether (sulfide) groups is 1. The molecular weight excluding hydrogens is 400 g/mol. The van der Waals surface area contributed by atoms with Gasteiger partial charge >= 0.3 is 5.97 Å². The summed E-state index contributed by atoms with van der Waals surface area (Å²) in [6, 6.07) is 19.7. The van der Waals surface area contributed by atoms with Gasteiger partial charge in [-0.05, 0) is 24.1 Å². The fourth-order valence-corrected chi connectivity index (χ4v) is 4.68. The number of rotatable bonds is 10. The molecule has 0 saturated carbocycles. The van der Waals surface area contributed by atoms with Gasteiger partial charge < -0.3 is 19.3 Å². The molecule has 0 aromatic heterocycles. The first-order valence-electron chi connectivity index (χ1n) is 10.1. The van der Waals surface area contributed by atoms with Crippen molar-refractivity contribution >= 4 is 17.7 Å². The maximum Gasteiger partial charge on any atom is 0.330 e. The molecule has 5 nitrogen and oxygen atoms in total. The van der Waals surface area contributed by atoms with Crippen molar-refractivity contribution in [1.29, 1.82) is 0 Å². The van der Waals surface area contributed by atoms with Crippen LogP contribution in [-0.4, -0.2) is 47.0 Å². The normalized spacial score (nSPS) is 22.3. The summed E-state index contributed by atoms with van der Waals surface area (Å²) in [5.74, 6) is 0.152. The van der Waals surface area contributed by atoms with E-state index in [1.165, 1.54) is 6.08 Å². The van der Waals surface area contributed by atoms with E-state index in [1.54, 1.807) is 24.8 Å². The van der Waals surface area contributed by atoms with Crippen LogP contribution in [0.3, 0.4) is 0 Å². The van der Waals surface area contributed by atoms with Crippen LogP contribution in [0.25, 0.3) is 0 Å². The van der Waals surface area contributed by atoms with E-state index in [2.05, 4.69) is 0 Å². The molecular formula is C24H28O5S. The lowest BCUT2D eigenvalue weighted by atomic mass is 10.1. The second kappa shape index (κ2) is 11.9. The third kappa shape index (κ3) is 6.71. The number of carbonyl (C=O) groups is 1. The highest BCUT2D eigenvalue weighted by Crippen LogP contribution is 2.34. The molecule has 3 rings (SSSR count). The Morgan fingerprint density at radius 1 is 1.10 bits per heavy atom. The van der Waals surface area contributed by atoms with Gasteiger partial charge in [0.25, 0.3) is 0 Å². The van der Waals surface area contributed by atoms with Crippen LogP contribution in [-0.2, 0) is 32.2 Å². The molecule has 1 saturated heterocycles. The van der Waals surface area contributed by atoms with Crippen LogP contribution in [0, 0.1) is 0 Å². The standard InChI is InChI=1S/C24H28O5S/c1-2-27-22(26)14-13-21(28-15-18-9-5-3-6-10-18)24-23(20(25)17-30-24)29-16-19-11-7-4-8-12-19/h3-14,20-21,23-25H,2,15-17H2,1H3/b14-13+/t20-,21-,23-,24-/m1/s1. The van der Waals surface area contributed by atoms with Crippen molar-refractivity contribution in [1.82, 2.24) is 0 Å². The molecule has 4 atom stereocenters. The van der Waals surface area contributed by atoms with Gasteiger partial charge in [-0.3, -0.25) is 0 Å². The van der Waals surface area contributed by atoms with E-state index in [9.17, 15) is 9.90 Å². The van der Waals surface area contributed by atoms with Crippen molar-refractivity contribution in [2.75, 3.05) is 12.4 Å². The Kier molecular flexibility index (Phi) is 8.96. The maximum atomic E-state index is 11.8. The number of benzene rings is 2. The average molecular weight is 429 g/mol. The number of carbonyl (C=O) groups excluding carboxylic acids is 1. The molecule has 1 aliphatic rings. The molecule has 2 aromatic carbocycles. The molecule has 0 amide bonds. The van der Waals surface area contributed by atoms with E-state index in [0.29, 0.717) is 25.6 Å². The molecule has 0 spiro atoms. The lowest BCUT2D eigenvalue weighted by molar-refractivity contribution is -0.137. The van der Waals surface area contributed by atoms with Crippen LogP contribution >= 0.6 is 11.8 Å². The predicted molar refractivity (Wildman–Crippen MR) is 118 cm³/mol. The summed E-state index contributed by atoms with van der Waals surface area (Å²) in [5, 5.41) is 10.4. The number of aliphatic hydroxyl groups is 1.